The van der Waals surface area contributed by atoms with Crippen LogP contribution in [0.1, 0.15) is 21.5 Å². The topological polar surface area (TPSA) is 51.3 Å². The van der Waals surface area contributed by atoms with Crippen LogP contribution in [0.5, 0.6) is 5.75 Å². The molecule has 31 heavy (non-hydrogen) atoms. The van der Waals surface area contributed by atoms with E-state index >= 15 is 0 Å². The summed E-state index contributed by atoms with van der Waals surface area (Å²) in [7, 11) is 1.32. The summed E-state index contributed by atoms with van der Waals surface area (Å²) in [5, 5.41) is 0.775. The molecule has 0 radical (unpaired) electrons. The maximum Gasteiger partial charge on any atom is 0.573 e. The van der Waals surface area contributed by atoms with Gasteiger partial charge in [-0.25, -0.2) is 4.79 Å². The average Bonchev–Trinajstić information content (AvgIpc) is 3.10. The number of ether oxygens (including phenoxy) is 2. The maximum absolute atomic E-state index is 12.6. The van der Waals surface area contributed by atoms with Gasteiger partial charge >= 0.3 is 12.3 Å². The molecule has 4 nitrogen and oxygen atoms in total. The smallest absolute Gasteiger partial charge is 0.465 e. The molecule has 0 amide bonds. The van der Waals surface area contributed by atoms with Gasteiger partial charge in [-0.3, -0.25) is 0 Å². The van der Waals surface area contributed by atoms with E-state index < -0.39 is 12.3 Å². The predicted molar refractivity (Wildman–Crippen MR) is 111 cm³/mol. The minimum Gasteiger partial charge on any atom is -0.465 e. The molecule has 0 aliphatic rings. The van der Waals surface area contributed by atoms with Crippen LogP contribution < -0.4 is 4.74 Å². The van der Waals surface area contributed by atoms with E-state index in [1.165, 1.54) is 19.2 Å². The van der Waals surface area contributed by atoms with Crippen LogP contribution in [-0.4, -0.2) is 24.4 Å². The molecule has 4 aromatic rings. The third kappa shape index (κ3) is 4.55. The van der Waals surface area contributed by atoms with Crippen molar-refractivity contribution in [1.82, 2.24) is 4.98 Å². The van der Waals surface area contributed by atoms with E-state index in [0.29, 0.717) is 17.5 Å². The Morgan fingerprint density at radius 2 is 1.74 bits per heavy atom. The summed E-state index contributed by atoms with van der Waals surface area (Å²) in [4.78, 5) is 15.1. The van der Waals surface area contributed by atoms with Gasteiger partial charge in [-0.15, -0.1) is 13.2 Å². The highest BCUT2D eigenvalue weighted by Gasteiger charge is 2.31. The molecule has 0 saturated heterocycles. The van der Waals surface area contributed by atoms with Crippen molar-refractivity contribution < 1.29 is 27.4 Å². The Morgan fingerprint density at radius 1 is 0.968 bits per heavy atom. The molecule has 0 bridgehead atoms. The van der Waals surface area contributed by atoms with Gasteiger partial charge in [0.15, 0.2) is 0 Å². The van der Waals surface area contributed by atoms with Crippen LogP contribution in [0.25, 0.3) is 22.2 Å². The molecule has 158 valence electrons. The van der Waals surface area contributed by atoms with Crippen LogP contribution in [0.3, 0.4) is 0 Å². The molecule has 0 saturated carbocycles. The Kier molecular flexibility index (Phi) is 5.42. The predicted octanol–water partition coefficient (Wildman–Crippen LogP) is 6.11. The van der Waals surface area contributed by atoms with E-state index in [-0.39, 0.29) is 5.75 Å². The maximum atomic E-state index is 12.6. The fourth-order valence-corrected chi connectivity index (χ4v) is 3.60. The van der Waals surface area contributed by atoms with Crippen molar-refractivity contribution >= 4 is 16.9 Å². The third-order valence-corrected chi connectivity index (χ3v) is 4.90. The standard InChI is InChI=1S/C24H18F3NO3/c1-30-23(29)17-9-5-6-15(12-17)13-20-19-11-10-18(31-24(25,26)27)14-21(19)28-22(20)16-7-3-2-4-8-16/h2-12,14,28H,13H2,1H3. The van der Waals surface area contributed by atoms with Gasteiger partial charge in [0.2, 0.25) is 0 Å². The second-order valence-corrected chi connectivity index (χ2v) is 6.97. The quantitative estimate of drug-likeness (QED) is 0.393. The van der Waals surface area contributed by atoms with E-state index in [1.807, 2.05) is 36.4 Å². The van der Waals surface area contributed by atoms with Crippen molar-refractivity contribution in [3.63, 3.8) is 0 Å². The first-order chi connectivity index (χ1) is 14.8. The van der Waals surface area contributed by atoms with Gasteiger partial charge < -0.3 is 14.5 Å². The number of nitrogens with one attached hydrogen (secondary N) is 1. The largest absolute Gasteiger partial charge is 0.573 e. The molecular formula is C24H18F3NO3. The number of halogens is 3. The van der Waals surface area contributed by atoms with Gasteiger partial charge in [0, 0.05) is 23.4 Å². The van der Waals surface area contributed by atoms with Crippen LogP contribution in [0.2, 0.25) is 0 Å². The number of fused-ring (bicyclic) bond motifs is 1. The lowest BCUT2D eigenvalue weighted by Gasteiger charge is -2.09. The summed E-state index contributed by atoms with van der Waals surface area (Å²) in [6.07, 6.45) is -4.30. The SMILES string of the molecule is COC(=O)c1cccc(Cc2c(-c3ccccc3)[nH]c3cc(OC(F)(F)F)ccc23)c1. The normalized spacial score (nSPS) is 11.5. The van der Waals surface area contributed by atoms with Crippen LogP contribution in [-0.2, 0) is 11.2 Å². The fraction of sp³-hybridized carbons (Fsp3) is 0.125. The molecule has 0 aliphatic carbocycles. The zero-order valence-corrected chi connectivity index (χ0v) is 16.5. The molecule has 0 aliphatic heterocycles. The first kappa shape index (κ1) is 20.5. The highest BCUT2D eigenvalue weighted by atomic mass is 19.4. The summed E-state index contributed by atoms with van der Waals surface area (Å²) in [5.74, 6) is -0.724. The molecule has 1 aromatic heterocycles. The monoisotopic (exact) mass is 425 g/mol. The van der Waals surface area contributed by atoms with Crippen LogP contribution in [0.4, 0.5) is 13.2 Å². The number of benzene rings is 3. The first-order valence-electron chi connectivity index (χ1n) is 9.47. The van der Waals surface area contributed by atoms with Crippen LogP contribution in [0, 0.1) is 0 Å². The van der Waals surface area contributed by atoms with Gasteiger partial charge in [0.05, 0.1) is 18.4 Å². The molecular weight excluding hydrogens is 407 g/mol. The number of H-pyrrole nitrogens is 1. The summed E-state index contributed by atoms with van der Waals surface area (Å²) in [5.41, 5.74) is 4.43. The summed E-state index contributed by atoms with van der Waals surface area (Å²) >= 11 is 0. The van der Waals surface area contributed by atoms with Crippen LogP contribution in [0.15, 0.2) is 72.8 Å². The van der Waals surface area contributed by atoms with E-state index in [4.69, 9.17) is 4.74 Å². The summed E-state index contributed by atoms with van der Waals surface area (Å²) in [6.45, 7) is 0. The molecule has 1 N–H and O–H groups in total. The second-order valence-electron chi connectivity index (χ2n) is 6.97. The number of aromatic amines is 1. The highest BCUT2D eigenvalue weighted by Crippen LogP contribution is 2.35. The number of alkyl halides is 3. The number of methoxy groups -OCH3 is 1. The highest BCUT2D eigenvalue weighted by molar-refractivity contribution is 5.92. The molecule has 7 heteroatoms. The van der Waals surface area contributed by atoms with Crippen molar-refractivity contribution in [2.24, 2.45) is 0 Å². The summed E-state index contributed by atoms with van der Waals surface area (Å²) < 4.78 is 46.8. The van der Waals surface area contributed by atoms with E-state index in [9.17, 15) is 18.0 Å². The van der Waals surface area contributed by atoms with E-state index in [0.717, 1.165) is 27.8 Å². The molecule has 1 heterocycles. The lowest BCUT2D eigenvalue weighted by atomic mass is 9.97. The van der Waals surface area contributed by atoms with Crippen molar-refractivity contribution in [2.75, 3.05) is 7.11 Å². The number of hydrogen-bond donors (Lipinski definition) is 1. The second kappa shape index (κ2) is 8.18. The van der Waals surface area contributed by atoms with Gasteiger partial charge in [0.1, 0.15) is 5.75 Å². The number of rotatable bonds is 5. The molecule has 4 rings (SSSR count). The minimum absolute atomic E-state index is 0.292. The Hall–Kier alpha value is -3.74. The van der Waals surface area contributed by atoms with Crippen molar-refractivity contribution in [3.8, 4) is 17.0 Å². The molecule has 0 fully saturated rings. The average molecular weight is 425 g/mol. The van der Waals surface area contributed by atoms with Gasteiger partial charge in [-0.1, -0.05) is 42.5 Å². The fourth-order valence-electron chi connectivity index (χ4n) is 3.60. The van der Waals surface area contributed by atoms with Crippen molar-refractivity contribution in [2.45, 2.75) is 12.8 Å². The van der Waals surface area contributed by atoms with Gasteiger partial charge in [0.25, 0.3) is 0 Å². The lowest BCUT2D eigenvalue weighted by Crippen LogP contribution is -2.16. The minimum atomic E-state index is -4.76. The number of esters is 1. The zero-order chi connectivity index (χ0) is 22.0. The number of carbonyl (C=O) groups excluding carboxylic acids is 1. The van der Waals surface area contributed by atoms with E-state index in [1.54, 1.807) is 24.3 Å². The Morgan fingerprint density at radius 3 is 2.45 bits per heavy atom. The van der Waals surface area contributed by atoms with Gasteiger partial charge in [-0.05, 0) is 41.0 Å². The number of aromatic nitrogens is 1. The lowest BCUT2D eigenvalue weighted by molar-refractivity contribution is -0.274. The van der Waals surface area contributed by atoms with Crippen molar-refractivity contribution in [3.05, 3.63) is 89.5 Å². The van der Waals surface area contributed by atoms with E-state index in [2.05, 4.69) is 9.72 Å². The number of carbonyl (C=O) groups is 1. The number of hydrogen-bond acceptors (Lipinski definition) is 3. The molecule has 3 aromatic carbocycles. The molecule has 0 unspecified atom stereocenters. The third-order valence-electron chi connectivity index (χ3n) is 4.90. The van der Waals surface area contributed by atoms with Gasteiger partial charge in [-0.2, -0.15) is 0 Å². The first-order valence-corrected chi connectivity index (χ1v) is 9.47. The Bertz CT molecular complexity index is 1230. The summed E-state index contributed by atoms with van der Waals surface area (Å²) in [6, 6.07) is 20.8. The Labute approximate surface area is 176 Å². The molecule has 0 spiro atoms. The molecule has 0 atom stereocenters. The Balaban J connectivity index is 1.81. The van der Waals surface area contributed by atoms with Crippen LogP contribution >= 0.6 is 0 Å². The zero-order valence-electron chi connectivity index (χ0n) is 16.5. The van der Waals surface area contributed by atoms with Crippen molar-refractivity contribution in [1.29, 1.82) is 0 Å².